The summed E-state index contributed by atoms with van der Waals surface area (Å²) < 4.78 is 1.74. The van der Waals surface area contributed by atoms with Gasteiger partial charge in [-0.05, 0) is 11.6 Å². The van der Waals surface area contributed by atoms with E-state index in [1.54, 1.807) is 17.0 Å². The summed E-state index contributed by atoms with van der Waals surface area (Å²) in [5, 5.41) is 0.528. The van der Waals surface area contributed by atoms with E-state index in [4.69, 9.17) is 11.6 Å². The number of aromatic nitrogens is 2. The Bertz CT molecular complexity index is 151. The van der Waals surface area contributed by atoms with E-state index in [0.717, 1.165) is 0 Å². The molecular weight excluding hydrogens is 118 g/mol. The molecule has 1 aromatic heterocycles. The quantitative estimate of drug-likeness (QED) is 0.373. The largest absolute Gasteiger partial charge is 1.00 e. The number of hydrogen-bond donors (Lipinski definition) is 0. The molecule has 0 saturated carbocycles. The van der Waals surface area contributed by atoms with Crippen LogP contribution in [0.15, 0.2) is 12.4 Å². The average Bonchev–Trinajstić information content (AvgIpc) is 1.91. The van der Waals surface area contributed by atoms with E-state index >= 15 is 0 Å². The van der Waals surface area contributed by atoms with Gasteiger partial charge in [-0.2, -0.15) is 0 Å². The molecule has 0 unspecified atom stereocenters. The molecule has 40 valence electrons. The van der Waals surface area contributed by atoms with Crippen LogP contribution in [0.25, 0.3) is 0 Å². The fraction of sp³-hybridized carbons (Fsp3) is 0.250. The Kier molecular flexibility index (Phi) is 3.23. The topological polar surface area (TPSA) is 17.8 Å². The van der Waals surface area contributed by atoms with Crippen molar-refractivity contribution >= 4 is 11.6 Å². The van der Waals surface area contributed by atoms with E-state index < -0.39 is 0 Å². The first kappa shape index (κ1) is 8.10. The van der Waals surface area contributed by atoms with Crippen molar-refractivity contribution in [2.45, 2.75) is 0 Å². The van der Waals surface area contributed by atoms with Crippen molar-refractivity contribution in [2.24, 2.45) is 7.05 Å². The smallest absolute Gasteiger partial charge is 1.00 e. The van der Waals surface area contributed by atoms with Gasteiger partial charge in [-0.1, -0.05) is 0 Å². The molecule has 0 aromatic carbocycles. The summed E-state index contributed by atoms with van der Waals surface area (Å²) >= 11 is 5.48. The molecule has 4 heteroatoms. The summed E-state index contributed by atoms with van der Waals surface area (Å²) in [6.45, 7) is 0. The zero-order valence-electron chi connectivity index (χ0n) is 5.93. The molecule has 0 aliphatic carbocycles. The SMILES string of the molecule is Cn1ccnc1Cl.[H-].[Li+]. The Hall–Kier alpha value is 0.0974. The molecular formula is C4H6ClLiN2. The van der Waals surface area contributed by atoms with Crippen LogP contribution < -0.4 is 18.9 Å². The molecule has 0 bridgehead atoms. The predicted octanol–water partition coefficient (Wildman–Crippen LogP) is -1.81. The van der Waals surface area contributed by atoms with Crippen molar-refractivity contribution in [1.29, 1.82) is 0 Å². The maximum Gasteiger partial charge on any atom is 1.00 e. The molecule has 0 atom stereocenters. The van der Waals surface area contributed by atoms with Crippen LogP contribution >= 0.6 is 11.6 Å². The Labute approximate surface area is 66.5 Å². The maximum absolute atomic E-state index is 5.48. The molecule has 1 aromatic rings. The van der Waals surface area contributed by atoms with Gasteiger partial charge >= 0.3 is 18.9 Å². The fourth-order valence-electron chi connectivity index (χ4n) is 0.347. The van der Waals surface area contributed by atoms with Crippen molar-refractivity contribution in [1.82, 2.24) is 9.55 Å². The predicted molar refractivity (Wildman–Crippen MR) is 29.3 cm³/mol. The first-order chi connectivity index (χ1) is 3.30. The van der Waals surface area contributed by atoms with Gasteiger partial charge in [0, 0.05) is 19.4 Å². The standard InChI is InChI=1S/C4H5ClN2.Li.H/c1-7-3-2-6-4(7)5;;/h2-3H,1H3;;/q;+1;-1. The second kappa shape index (κ2) is 3.19. The van der Waals surface area contributed by atoms with E-state index in [1.807, 2.05) is 7.05 Å². The summed E-state index contributed by atoms with van der Waals surface area (Å²) in [5.41, 5.74) is 0. The van der Waals surface area contributed by atoms with E-state index in [0.29, 0.717) is 5.28 Å². The van der Waals surface area contributed by atoms with Gasteiger partial charge in [0.15, 0.2) is 0 Å². The summed E-state index contributed by atoms with van der Waals surface area (Å²) in [6, 6.07) is 0. The molecule has 0 fully saturated rings. The molecule has 1 rings (SSSR count). The second-order valence-corrected chi connectivity index (χ2v) is 1.65. The van der Waals surface area contributed by atoms with Gasteiger partial charge in [-0.25, -0.2) is 4.98 Å². The number of aryl methyl sites for hydroxylation is 1. The van der Waals surface area contributed by atoms with Crippen LogP contribution in [-0.2, 0) is 7.05 Å². The van der Waals surface area contributed by atoms with Gasteiger partial charge in [-0.15, -0.1) is 0 Å². The van der Waals surface area contributed by atoms with Gasteiger partial charge in [0.05, 0.1) is 0 Å². The molecule has 0 radical (unpaired) electrons. The van der Waals surface area contributed by atoms with Crippen LogP contribution in [0.2, 0.25) is 5.28 Å². The minimum Gasteiger partial charge on any atom is -1.00 e. The zero-order valence-corrected chi connectivity index (χ0v) is 5.68. The Morgan fingerprint density at radius 2 is 2.50 bits per heavy atom. The molecule has 0 N–H and O–H groups in total. The van der Waals surface area contributed by atoms with Crippen LogP contribution in [0.1, 0.15) is 1.43 Å². The van der Waals surface area contributed by atoms with Crippen LogP contribution in [0.5, 0.6) is 0 Å². The molecule has 2 nitrogen and oxygen atoms in total. The first-order valence-electron chi connectivity index (χ1n) is 1.93. The molecule has 0 aliphatic rings. The number of rotatable bonds is 0. The monoisotopic (exact) mass is 124 g/mol. The normalized spacial score (nSPS) is 8.25. The molecule has 1 heterocycles. The van der Waals surface area contributed by atoms with Gasteiger partial charge in [0.2, 0.25) is 5.28 Å². The second-order valence-electron chi connectivity index (χ2n) is 1.31. The Morgan fingerprint density at radius 3 is 2.62 bits per heavy atom. The Balaban J connectivity index is 0. The van der Waals surface area contributed by atoms with Crippen LogP contribution in [-0.4, -0.2) is 9.55 Å². The third-order valence-electron chi connectivity index (χ3n) is 0.762. The molecule has 0 saturated heterocycles. The van der Waals surface area contributed by atoms with Crippen molar-refractivity contribution in [3.63, 3.8) is 0 Å². The van der Waals surface area contributed by atoms with Gasteiger partial charge in [0.1, 0.15) is 0 Å². The summed E-state index contributed by atoms with van der Waals surface area (Å²) in [4.78, 5) is 3.74. The molecule has 8 heavy (non-hydrogen) atoms. The van der Waals surface area contributed by atoms with Crippen LogP contribution in [0.3, 0.4) is 0 Å². The minimum absolute atomic E-state index is 0. The van der Waals surface area contributed by atoms with Gasteiger partial charge in [0.25, 0.3) is 0 Å². The van der Waals surface area contributed by atoms with Crippen LogP contribution in [0, 0.1) is 0 Å². The number of hydrogen-bond acceptors (Lipinski definition) is 1. The summed E-state index contributed by atoms with van der Waals surface area (Å²) in [6.07, 6.45) is 3.45. The maximum atomic E-state index is 5.48. The zero-order chi connectivity index (χ0) is 5.28. The third kappa shape index (κ3) is 1.55. The van der Waals surface area contributed by atoms with Crippen LogP contribution in [0.4, 0.5) is 0 Å². The van der Waals surface area contributed by atoms with E-state index in [-0.39, 0.29) is 20.3 Å². The van der Waals surface area contributed by atoms with Gasteiger partial charge in [-0.3, -0.25) is 0 Å². The van der Waals surface area contributed by atoms with Gasteiger partial charge < -0.3 is 5.99 Å². The third-order valence-corrected chi connectivity index (χ3v) is 1.13. The minimum atomic E-state index is 0. The van der Waals surface area contributed by atoms with Crippen molar-refractivity contribution < 1.29 is 20.3 Å². The Morgan fingerprint density at radius 1 is 1.88 bits per heavy atom. The number of nitrogens with zero attached hydrogens (tertiary/aromatic N) is 2. The molecule has 0 amide bonds. The van der Waals surface area contributed by atoms with E-state index in [2.05, 4.69) is 4.98 Å². The van der Waals surface area contributed by atoms with E-state index in [1.165, 1.54) is 0 Å². The van der Waals surface area contributed by atoms with Crippen molar-refractivity contribution in [2.75, 3.05) is 0 Å². The van der Waals surface area contributed by atoms with Crippen molar-refractivity contribution in [3.8, 4) is 0 Å². The fourth-order valence-corrected chi connectivity index (χ4v) is 0.460. The average molecular weight is 124 g/mol. The summed E-state index contributed by atoms with van der Waals surface area (Å²) in [7, 11) is 1.84. The van der Waals surface area contributed by atoms with E-state index in [9.17, 15) is 0 Å². The number of imidazole rings is 1. The molecule has 0 spiro atoms. The number of halogens is 1. The molecule has 0 aliphatic heterocycles. The van der Waals surface area contributed by atoms with Crippen molar-refractivity contribution in [3.05, 3.63) is 17.7 Å². The first-order valence-corrected chi connectivity index (χ1v) is 2.31. The summed E-state index contributed by atoms with van der Waals surface area (Å²) in [5.74, 6) is 0.